The molecule has 1 atom stereocenters. The van der Waals surface area contributed by atoms with Crippen LogP contribution >= 0.6 is 0 Å². The summed E-state index contributed by atoms with van der Waals surface area (Å²) < 4.78 is 0. The zero-order valence-electron chi connectivity index (χ0n) is 13.3. The molecule has 1 saturated heterocycles. The van der Waals surface area contributed by atoms with Gasteiger partial charge in [0.05, 0.1) is 17.9 Å². The Kier molecular flexibility index (Phi) is 4.92. The van der Waals surface area contributed by atoms with E-state index in [-0.39, 0.29) is 5.91 Å². The predicted octanol–water partition coefficient (Wildman–Crippen LogP) is 1.84. The molecular weight excluding hydrogens is 290 g/mol. The van der Waals surface area contributed by atoms with Gasteiger partial charge in [-0.05, 0) is 37.1 Å². The fourth-order valence-electron chi connectivity index (χ4n) is 3.03. The van der Waals surface area contributed by atoms with E-state index in [9.17, 15) is 4.79 Å². The number of nitrogens with one attached hydrogen (secondary N) is 1. The van der Waals surface area contributed by atoms with Crippen molar-refractivity contribution in [2.24, 2.45) is 0 Å². The number of hydrogen-bond donors (Lipinski definition) is 1. The molecule has 120 valence electrons. The number of likely N-dealkylation sites (tertiary alicyclic amines) is 1. The maximum absolute atomic E-state index is 11.1. The summed E-state index contributed by atoms with van der Waals surface area (Å²) in [6.45, 7) is 3.86. The van der Waals surface area contributed by atoms with Crippen LogP contribution in [-0.4, -0.2) is 32.3 Å². The van der Waals surface area contributed by atoms with Gasteiger partial charge in [-0.1, -0.05) is 0 Å². The lowest BCUT2D eigenvalue weighted by atomic mass is 10.0. The summed E-state index contributed by atoms with van der Waals surface area (Å²) in [5.41, 5.74) is 3.14. The van der Waals surface area contributed by atoms with E-state index in [0.29, 0.717) is 12.6 Å². The third-order valence-electron chi connectivity index (χ3n) is 4.09. The molecule has 0 bridgehead atoms. The van der Waals surface area contributed by atoms with E-state index in [1.807, 2.05) is 12.4 Å². The number of aromatic nitrogens is 3. The average molecular weight is 311 g/mol. The first-order chi connectivity index (χ1) is 11.2. The Balaban J connectivity index is 1.72. The normalized spacial score (nSPS) is 18.0. The summed E-state index contributed by atoms with van der Waals surface area (Å²) in [5.74, 6) is -0.0395. The Bertz CT molecular complexity index is 661. The molecule has 0 aliphatic carbocycles. The van der Waals surface area contributed by atoms with E-state index >= 15 is 0 Å². The van der Waals surface area contributed by atoms with E-state index in [1.165, 1.54) is 18.9 Å². The van der Waals surface area contributed by atoms with Crippen LogP contribution in [0.2, 0.25) is 0 Å². The fraction of sp³-hybridized carbons (Fsp3) is 0.412. The molecule has 0 spiro atoms. The number of carbonyl (C=O) groups is 1. The van der Waals surface area contributed by atoms with Gasteiger partial charge in [0.15, 0.2) is 0 Å². The van der Waals surface area contributed by atoms with Gasteiger partial charge in [-0.25, -0.2) is 0 Å². The Labute approximate surface area is 136 Å². The smallest absolute Gasteiger partial charge is 0.217 e. The molecule has 6 nitrogen and oxygen atoms in total. The molecule has 1 fully saturated rings. The van der Waals surface area contributed by atoms with Gasteiger partial charge in [0.25, 0.3) is 0 Å². The molecule has 23 heavy (non-hydrogen) atoms. The molecular formula is C17H21N5O. The highest BCUT2D eigenvalue weighted by molar-refractivity contribution is 5.72. The van der Waals surface area contributed by atoms with Crippen molar-refractivity contribution in [3.8, 4) is 0 Å². The summed E-state index contributed by atoms with van der Waals surface area (Å²) in [7, 11) is 0. The first-order valence-electron chi connectivity index (χ1n) is 7.90. The standard InChI is InChI=1S/C17H21N5O/c1-13(23)21-11-15-9-14(4-5-19-15)17-3-2-8-22(17)12-16-10-18-6-7-20-16/h4-7,9-10,17H,2-3,8,11-12H2,1H3,(H,21,23)/t17-/m1/s1. The summed E-state index contributed by atoms with van der Waals surface area (Å²) in [5, 5.41) is 2.80. The molecule has 3 heterocycles. The van der Waals surface area contributed by atoms with Crippen LogP contribution in [0.25, 0.3) is 0 Å². The molecule has 0 unspecified atom stereocenters. The van der Waals surface area contributed by atoms with Gasteiger partial charge in [0, 0.05) is 44.3 Å². The van der Waals surface area contributed by atoms with Gasteiger partial charge in [-0.3, -0.25) is 24.6 Å². The van der Waals surface area contributed by atoms with Crippen LogP contribution in [0, 0.1) is 0 Å². The molecule has 3 rings (SSSR count). The van der Waals surface area contributed by atoms with Crippen molar-refractivity contribution in [1.29, 1.82) is 0 Å². The number of amides is 1. The van der Waals surface area contributed by atoms with Gasteiger partial charge in [-0.15, -0.1) is 0 Å². The van der Waals surface area contributed by atoms with Crippen molar-refractivity contribution in [3.05, 3.63) is 53.9 Å². The minimum absolute atomic E-state index is 0.0395. The van der Waals surface area contributed by atoms with E-state index in [0.717, 1.165) is 30.9 Å². The van der Waals surface area contributed by atoms with Gasteiger partial charge >= 0.3 is 0 Å². The highest BCUT2D eigenvalue weighted by Gasteiger charge is 2.26. The van der Waals surface area contributed by atoms with E-state index in [2.05, 4.69) is 37.3 Å². The third kappa shape index (κ3) is 4.10. The third-order valence-corrected chi connectivity index (χ3v) is 4.09. The molecule has 1 N–H and O–H groups in total. The second kappa shape index (κ2) is 7.28. The monoisotopic (exact) mass is 311 g/mol. The number of rotatable bonds is 5. The predicted molar refractivity (Wildman–Crippen MR) is 86.2 cm³/mol. The maximum atomic E-state index is 11.1. The Morgan fingerprint density at radius 2 is 2.17 bits per heavy atom. The Hall–Kier alpha value is -2.34. The minimum Gasteiger partial charge on any atom is -0.351 e. The van der Waals surface area contributed by atoms with E-state index in [4.69, 9.17) is 0 Å². The number of carbonyl (C=O) groups excluding carboxylic acids is 1. The fourth-order valence-corrected chi connectivity index (χ4v) is 3.03. The van der Waals surface area contributed by atoms with Crippen molar-refractivity contribution in [2.75, 3.05) is 6.54 Å². The molecule has 0 radical (unpaired) electrons. The van der Waals surface area contributed by atoms with Crippen molar-refractivity contribution in [3.63, 3.8) is 0 Å². The first-order valence-corrected chi connectivity index (χ1v) is 7.90. The molecule has 1 aliphatic heterocycles. The van der Waals surface area contributed by atoms with Crippen LogP contribution in [0.4, 0.5) is 0 Å². The minimum atomic E-state index is -0.0395. The highest BCUT2D eigenvalue weighted by atomic mass is 16.1. The van der Waals surface area contributed by atoms with Gasteiger partial charge in [0.2, 0.25) is 5.91 Å². The molecule has 2 aromatic rings. The first kappa shape index (κ1) is 15.6. The molecule has 1 amide bonds. The summed E-state index contributed by atoms with van der Waals surface area (Å²) >= 11 is 0. The highest BCUT2D eigenvalue weighted by Crippen LogP contribution is 2.32. The van der Waals surface area contributed by atoms with Gasteiger partial charge < -0.3 is 5.32 Å². The quantitative estimate of drug-likeness (QED) is 0.912. The van der Waals surface area contributed by atoms with Crippen LogP contribution in [0.5, 0.6) is 0 Å². The number of pyridine rings is 1. The Morgan fingerprint density at radius 1 is 1.30 bits per heavy atom. The van der Waals surface area contributed by atoms with Crippen molar-refractivity contribution in [1.82, 2.24) is 25.2 Å². The molecule has 2 aromatic heterocycles. The van der Waals surface area contributed by atoms with Crippen LogP contribution in [-0.2, 0) is 17.9 Å². The second-order valence-corrected chi connectivity index (χ2v) is 5.82. The second-order valence-electron chi connectivity index (χ2n) is 5.82. The molecule has 6 heteroatoms. The van der Waals surface area contributed by atoms with Crippen molar-refractivity contribution < 1.29 is 4.79 Å². The zero-order chi connectivity index (χ0) is 16.1. The van der Waals surface area contributed by atoms with Gasteiger partial charge in [0.1, 0.15) is 0 Å². The zero-order valence-corrected chi connectivity index (χ0v) is 13.3. The van der Waals surface area contributed by atoms with Crippen LogP contribution in [0.15, 0.2) is 36.9 Å². The average Bonchev–Trinajstić information content (AvgIpc) is 3.02. The van der Waals surface area contributed by atoms with Crippen molar-refractivity contribution in [2.45, 2.75) is 38.9 Å². The lowest BCUT2D eigenvalue weighted by Crippen LogP contribution is -2.24. The SMILES string of the molecule is CC(=O)NCc1cc([C@H]2CCCN2Cc2cnccn2)ccn1. The van der Waals surface area contributed by atoms with Crippen LogP contribution in [0.1, 0.15) is 42.8 Å². The number of nitrogens with zero attached hydrogens (tertiary/aromatic N) is 4. The number of hydrogen-bond acceptors (Lipinski definition) is 5. The lowest BCUT2D eigenvalue weighted by Gasteiger charge is -2.24. The maximum Gasteiger partial charge on any atom is 0.217 e. The lowest BCUT2D eigenvalue weighted by molar-refractivity contribution is -0.119. The Morgan fingerprint density at radius 3 is 2.96 bits per heavy atom. The largest absolute Gasteiger partial charge is 0.351 e. The van der Waals surface area contributed by atoms with Crippen LogP contribution < -0.4 is 5.32 Å². The van der Waals surface area contributed by atoms with Crippen LogP contribution in [0.3, 0.4) is 0 Å². The topological polar surface area (TPSA) is 71.0 Å². The molecule has 0 aromatic carbocycles. The summed E-state index contributed by atoms with van der Waals surface area (Å²) in [6.07, 6.45) is 9.38. The van der Waals surface area contributed by atoms with Gasteiger partial charge in [-0.2, -0.15) is 0 Å². The van der Waals surface area contributed by atoms with E-state index < -0.39 is 0 Å². The van der Waals surface area contributed by atoms with E-state index in [1.54, 1.807) is 12.4 Å². The van der Waals surface area contributed by atoms with Crippen molar-refractivity contribution >= 4 is 5.91 Å². The summed E-state index contributed by atoms with van der Waals surface area (Å²) in [4.78, 5) is 26.3. The molecule has 0 saturated carbocycles. The summed E-state index contributed by atoms with van der Waals surface area (Å²) in [6, 6.07) is 4.53. The molecule has 1 aliphatic rings.